The van der Waals surface area contributed by atoms with E-state index in [0.717, 1.165) is 20.1 Å². The van der Waals surface area contributed by atoms with Gasteiger partial charge >= 0.3 is 0 Å². The van der Waals surface area contributed by atoms with Gasteiger partial charge in [0.25, 0.3) is 0 Å². The van der Waals surface area contributed by atoms with E-state index in [-0.39, 0.29) is 0 Å². The van der Waals surface area contributed by atoms with Gasteiger partial charge in [-0.3, -0.25) is 0 Å². The van der Waals surface area contributed by atoms with Crippen molar-refractivity contribution in [3.8, 4) is 33.4 Å². The Morgan fingerprint density at radius 2 is 1.46 bits per heavy atom. The van der Waals surface area contributed by atoms with Gasteiger partial charge in [-0.2, -0.15) is 0 Å². The Morgan fingerprint density at radius 3 is 2.18 bits per heavy atom. The zero-order chi connectivity index (χ0) is 19.7. The topological polar surface area (TPSA) is 0 Å². The molecular formula is C26H19Br2. The van der Waals surface area contributed by atoms with Crippen LogP contribution in [0.25, 0.3) is 33.4 Å². The number of benzene rings is 4. The van der Waals surface area contributed by atoms with Crippen LogP contribution < -0.4 is 0 Å². The largest absolute Gasteiger partial charge is 0.0620 e. The summed E-state index contributed by atoms with van der Waals surface area (Å²) >= 11 is 7.46. The van der Waals surface area contributed by atoms with Gasteiger partial charge < -0.3 is 0 Å². The normalized spacial score (nSPS) is 10.9. The summed E-state index contributed by atoms with van der Waals surface area (Å²) in [5.41, 5.74) is 9.55. The Morgan fingerprint density at radius 1 is 0.714 bits per heavy atom. The summed E-state index contributed by atoms with van der Waals surface area (Å²) in [5.74, 6) is 0. The van der Waals surface area contributed by atoms with Crippen molar-refractivity contribution >= 4 is 31.9 Å². The maximum Gasteiger partial charge on any atom is 0.0344 e. The number of aryl methyl sites for hydroxylation is 2. The molecule has 0 unspecified atom stereocenters. The highest BCUT2D eigenvalue weighted by Crippen LogP contribution is 2.44. The molecule has 0 aliphatic heterocycles. The molecule has 0 bridgehead atoms. The standard InChI is InChI=1S/C26H19Br2/c1-17-6-5-8-20(16-17)23-14-15-24(19-10-12-21(27)13-11-19)26(28)25(23)22-9-4-3-7-18(22)2/h3-14,16H,1-2H3. The van der Waals surface area contributed by atoms with Crippen LogP contribution in [0.1, 0.15) is 11.1 Å². The molecule has 4 aromatic carbocycles. The molecule has 0 heterocycles. The fourth-order valence-corrected chi connectivity index (χ4v) is 4.54. The summed E-state index contributed by atoms with van der Waals surface area (Å²) < 4.78 is 2.14. The van der Waals surface area contributed by atoms with Crippen LogP contribution in [0, 0.1) is 19.9 Å². The zero-order valence-electron chi connectivity index (χ0n) is 15.8. The molecule has 28 heavy (non-hydrogen) atoms. The molecule has 0 aromatic heterocycles. The lowest BCUT2D eigenvalue weighted by atomic mass is 9.89. The number of halogens is 2. The molecule has 0 aliphatic carbocycles. The van der Waals surface area contributed by atoms with Gasteiger partial charge in [0.05, 0.1) is 0 Å². The van der Waals surface area contributed by atoms with Gasteiger partial charge in [-0.05, 0) is 81.9 Å². The molecule has 0 atom stereocenters. The Bertz CT molecular complexity index is 1140. The minimum Gasteiger partial charge on any atom is -0.0620 e. The van der Waals surface area contributed by atoms with Crippen molar-refractivity contribution in [1.82, 2.24) is 0 Å². The van der Waals surface area contributed by atoms with E-state index in [0.29, 0.717) is 0 Å². The number of hydrogen-bond donors (Lipinski definition) is 0. The molecule has 0 saturated heterocycles. The molecule has 0 spiro atoms. The van der Waals surface area contributed by atoms with E-state index in [1.165, 1.54) is 33.4 Å². The van der Waals surface area contributed by atoms with E-state index >= 15 is 0 Å². The van der Waals surface area contributed by atoms with Crippen molar-refractivity contribution in [2.75, 3.05) is 0 Å². The second-order valence-corrected chi connectivity index (χ2v) is 8.67. The number of rotatable bonds is 3. The van der Waals surface area contributed by atoms with Gasteiger partial charge in [-0.15, -0.1) is 0 Å². The van der Waals surface area contributed by atoms with Crippen LogP contribution in [0.4, 0.5) is 0 Å². The maximum absolute atomic E-state index is 3.93. The molecule has 0 fully saturated rings. The SMILES string of the molecule is Cc1cccc(-c2c[c]c(-c3ccc(Br)cc3)c(Br)c2-c2ccccc2C)c1. The highest BCUT2D eigenvalue weighted by molar-refractivity contribution is 9.11. The van der Waals surface area contributed by atoms with Crippen LogP contribution in [-0.4, -0.2) is 0 Å². The van der Waals surface area contributed by atoms with Crippen LogP contribution >= 0.6 is 31.9 Å². The van der Waals surface area contributed by atoms with Gasteiger partial charge in [0, 0.05) is 20.1 Å². The predicted molar refractivity (Wildman–Crippen MR) is 126 cm³/mol. The second kappa shape index (κ2) is 8.06. The Balaban J connectivity index is 2.01. The van der Waals surface area contributed by atoms with Crippen LogP contribution in [0.5, 0.6) is 0 Å². The van der Waals surface area contributed by atoms with Crippen molar-refractivity contribution in [3.05, 3.63) is 105 Å². The smallest absolute Gasteiger partial charge is 0.0344 e. The quantitative estimate of drug-likeness (QED) is 0.269. The zero-order valence-corrected chi connectivity index (χ0v) is 18.9. The fraction of sp³-hybridized carbons (Fsp3) is 0.0769. The summed E-state index contributed by atoms with van der Waals surface area (Å²) in [6, 6.07) is 31.2. The minimum atomic E-state index is 1.07. The molecule has 2 heteroatoms. The van der Waals surface area contributed by atoms with Crippen molar-refractivity contribution < 1.29 is 0 Å². The minimum absolute atomic E-state index is 1.07. The van der Waals surface area contributed by atoms with E-state index in [9.17, 15) is 0 Å². The molecule has 0 saturated carbocycles. The molecule has 0 aliphatic rings. The average Bonchev–Trinajstić information content (AvgIpc) is 2.69. The summed E-state index contributed by atoms with van der Waals surface area (Å²) in [6.45, 7) is 4.30. The van der Waals surface area contributed by atoms with Crippen LogP contribution in [0.15, 0.2) is 87.8 Å². The third-order valence-corrected chi connectivity index (χ3v) is 6.27. The molecule has 4 rings (SSSR count). The average molecular weight is 491 g/mol. The van der Waals surface area contributed by atoms with Crippen molar-refractivity contribution in [2.45, 2.75) is 13.8 Å². The molecule has 1 radical (unpaired) electrons. The van der Waals surface area contributed by atoms with E-state index in [1.807, 2.05) is 0 Å². The first-order valence-corrected chi connectivity index (χ1v) is 10.8. The summed E-state index contributed by atoms with van der Waals surface area (Å²) in [5, 5.41) is 0. The summed E-state index contributed by atoms with van der Waals surface area (Å²) in [6.07, 6.45) is 0. The first-order chi connectivity index (χ1) is 13.5. The monoisotopic (exact) mass is 489 g/mol. The van der Waals surface area contributed by atoms with E-state index < -0.39 is 0 Å². The lowest BCUT2D eigenvalue weighted by molar-refractivity contribution is 1.43. The first kappa shape index (κ1) is 19.2. The van der Waals surface area contributed by atoms with Gasteiger partial charge in [-0.25, -0.2) is 0 Å². The van der Waals surface area contributed by atoms with E-state index in [2.05, 4.69) is 131 Å². The lowest BCUT2D eigenvalue weighted by Crippen LogP contribution is -1.93. The second-order valence-electron chi connectivity index (χ2n) is 6.96. The number of hydrogen-bond acceptors (Lipinski definition) is 0. The maximum atomic E-state index is 3.93. The molecule has 4 aromatic rings. The molecule has 0 nitrogen and oxygen atoms in total. The highest BCUT2D eigenvalue weighted by atomic mass is 79.9. The van der Waals surface area contributed by atoms with Gasteiger partial charge in [-0.1, -0.05) is 82.2 Å². The first-order valence-electron chi connectivity index (χ1n) is 9.18. The third kappa shape index (κ3) is 3.72. The summed E-state index contributed by atoms with van der Waals surface area (Å²) in [4.78, 5) is 0. The molecule has 0 amide bonds. The van der Waals surface area contributed by atoms with E-state index in [4.69, 9.17) is 0 Å². The molecule has 137 valence electrons. The Labute approximate surface area is 183 Å². The third-order valence-electron chi connectivity index (χ3n) is 4.95. The summed E-state index contributed by atoms with van der Waals surface area (Å²) in [7, 11) is 0. The van der Waals surface area contributed by atoms with Gasteiger partial charge in [0.15, 0.2) is 0 Å². The Hall–Kier alpha value is -2.16. The molecule has 0 N–H and O–H groups in total. The van der Waals surface area contributed by atoms with Gasteiger partial charge in [0.1, 0.15) is 0 Å². The van der Waals surface area contributed by atoms with Crippen molar-refractivity contribution in [3.63, 3.8) is 0 Å². The highest BCUT2D eigenvalue weighted by Gasteiger charge is 2.17. The lowest BCUT2D eigenvalue weighted by Gasteiger charge is -2.18. The van der Waals surface area contributed by atoms with Crippen LogP contribution in [-0.2, 0) is 0 Å². The van der Waals surface area contributed by atoms with Crippen LogP contribution in [0.2, 0.25) is 0 Å². The van der Waals surface area contributed by atoms with Crippen LogP contribution in [0.3, 0.4) is 0 Å². The predicted octanol–water partition coefficient (Wildman–Crippen LogP) is 8.63. The fourth-order valence-electron chi connectivity index (χ4n) is 3.51. The van der Waals surface area contributed by atoms with Gasteiger partial charge in [0.2, 0.25) is 0 Å². The molecular weight excluding hydrogens is 472 g/mol. The van der Waals surface area contributed by atoms with Crippen molar-refractivity contribution in [1.29, 1.82) is 0 Å². The Kier molecular flexibility index (Phi) is 5.52. The van der Waals surface area contributed by atoms with E-state index in [1.54, 1.807) is 0 Å². The van der Waals surface area contributed by atoms with Crippen molar-refractivity contribution in [2.24, 2.45) is 0 Å².